The van der Waals surface area contributed by atoms with Gasteiger partial charge in [0.2, 0.25) is 5.91 Å². The smallest absolute Gasteiger partial charge is 0.224 e. The van der Waals surface area contributed by atoms with E-state index in [4.69, 9.17) is 0 Å². The maximum atomic E-state index is 12.5. The summed E-state index contributed by atoms with van der Waals surface area (Å²) < 4.78 is 1.87. The minimum atomic E-state index is -0.00999. The first-order chi connectivity index (χ1) is 13.8. The van der Waals surface area contributed by atoms with Crippen LogP contribution >= 0.6 is 0 Å². The van der Waals surface area contributed by atoms with Crippen molar-refractivity contribution < 1.29 is 4.79 Å². The van der Waals surface area contributed by atoms with Crippen LogP contribution in [0.3, 0.4) is 0 Å². The molecular formula is C21H20N6O. The molecule has 1 aliphatic rings. The Balaban J connectivity index is 1.27. The van der Waals surface area contributed by atoms with Gasteiger partial charge < -0.3 is 10.3 Å². The van der Waals surface area contributed by atoms with Crippen molar-refractivity contribution in [1.29, 1.82) is 0 Å². The number of anilines is 1. The number of hydrogen-bond acceptors (Lipinski definition) is 4. The standard InChI is InChI=1S/C21H20N6O/c28-20(11-8-15-13-22-19-7-2-1-6-18(15)19)23-16-5-3-4-14(12-16)21-24-25-26-27(21)17-9-10-17/h1-7,12-13,17,22H,8-11H2,(H,23,28). The van der Waals surface area contributed by atoms with Gasteiger partial charge in [0.15, 0.2) is 5.82 Å². The van der Waals surface area contributed by atoms with Crippen LogP contribution in [-0.4, -0.2) is 31.1 Å². The molecule has 0 bridgehead atoms. The second-order valence-electron chi connectivity index (χ2n) is 7.17. The Morgan fingerprint density at radius 1 is 1.18 bits per heavy atom. The predicted molar refractivity (Wildman–Crippen MR) is 107 cm³/mol. The van der Waals surface area contributed by atoms with E-state index in [1.165, 1.54) is 5.39 Å². The summed E-state index contributed by atoms with van der Waals surface area (Å²) in [6.45, 7) is 0. The van der Waals surface area contributed by atoms with Gasteiger partial charge in [0, 0.05) is 34.8 Å². The first-order valence-corrected chi connectivity index (χ1v) is 9.51. The number of aromatic nitrogens is 5. The monoisotopic (exact) mass is 372 g/mol. The lowest BCUT2D eigenvalue weighted by atomic mass is 10.1. The summed E-state index contributed by atoms with van der Waals surface area (Å²) >= 11 is 0. The number of para-hydroxylation sites is 1. The fourth-order valence-corrected chi connectivity index (χ4v) is 3.49. The zero-order valence-corrected chi connectivity index (χ0v) is 15.3. The van der Waals surface area contributed by atoms with Crippen LogP contribution in [0.15, 0.2) is 54.7 Å². The number of hydrogen-bond donors (Lipinski definition) is 2. The zero-order valence-electron chi connectivity index (χ0n) is 15.3. The van der Waals surface area contributed by atoms with Crippen molar-refractivity contribution in [2.75, 3.05) is 5.32 Å². The number of nitrogens with one attached hydrogen (secondary N) is 2. The molecule has 4 aromatic rings. The second-order valence-corrected chi connectivity index (χ2v) is 7.17. The van der Waals surface area contributed by atoms with E-state index in [1.54, 1.807) is 0 Å². The van der Waals surface area contributed by atoms with Crippen LogP contribution in [0.2, 0.25) is 0 Å². The third-order valence-corrected chi connectivity index (χ3v) is 5.09. The molecule has 1 amide bonds. The van der Waals surface area contributed by atoms with Gasteiger partial charge in [-0.15, -0.1) is 5.10 Å². The van der Waals surface area contributed by atoms with Gasteiger partial charge >= 0.3 is 0 Å². The maximum absolute atomic E-state index is 12.5. The van der Waals surface area contributed by atoms with Crippen molar-refractivity contribution in [2.45, 2.75) is 31.7 Å². The lowest BCUT2D eigenvalue weighted by molar-refractivity contribution is -0.116. The van der Waals surface area contributed by atoms with E-state index in [9.17, 15) is 4.79 Å². The van der Waals surface area contributed by atoms with Crippen molar-refractivity contribution in [1.82, 2.24) is 25.2 Å². The maximum Gasteiger partial charge on any atom is 0.224 e. The van der Waals surface area contributed by atoms with Gasteiger partial charge in [0.1, 0.15) is 0 Å². The summed E-state index contributed by atoms with van der Waals surface area (Å²) in [5, 5.41) is 16.2. The number of tetrazole rings is 1. The molecule has 1 aliphatic carbocycles. The van der Waals surface area contributed by atoms with E-state index in [2.05, 4.69) is 31.9 Å². The van der Waals surface area contributed by atoms with Crippen LogP contribution in [0.5, 0.6) is 0 Å². The molecule has 2 heterocycles. The first-order valence-electron chi connectivity index (χ1n) is 9.51. The molecule has 140 valence electrons. The first kappa shape index (κ1) is 16.7. The molecule has 1 fully saturated rings. The SMILES string of the molecule is O=C(CCc1c[nH]c2ccccc12)Nc1cccc(-c2nnnn2C2CC2)c1. The summed E-state index contributed by atoms with van der Waals surface area (Å²) in [6, 6.07) is 16.2. The molecule has 0 atom stereocenters. The number of amides is 1. The van der Waals surface area contributed by atoms with Gasteiger partial charge in [-0.3, -0.25) is 4.79 Å². The Labute approximate surface area is 161 Å². The van der Waals surface area contributed by atoms with E-state index >= 15 is 0 Å². The van der Waals surface area contributed by atoms with Gasteiger partial charge in [-0.05, 0) is 53.5 Å². The van der Waals surface area contributed by atoms with Crippen molar-refractivity contribution in [2.24, 2.45) is 0 Å². The highest BCUT2D eigenvalue weighted by Crippen LogP contribution is 2.36. The third-order valence-electron chi connectivity index (χ3n) is 5.09. The molecule has 2 aromatic heterocycles. The molecule has 2 aromatic carbocycles. The van der Waals surface area contributed by atoms with Gasteiger partial charge in [-0.1, -0.05) is 30.3 Å². The van der Waals surface area contributed by atoms with Crippen molar-refractivity contribution in [3.05, 3.63) is 60.3 Å². The molecule has 0 saturated heterocycles. The lowest BCUT2D eigenvalue weighted by Crippen LogP contribution is -2.12. The summed E-state index contributed by atoms with van der Waals surface area (Å²) in [7, 11) is 0. The Morgan fingerprint density at radius 3 is 2.96 bits per heavy atom. The van der Waals surface area contributed by atoms with Crippen LogP contribution in [0.1, 0.15) is 30.9 Å². The fourth-order valence-electron chi connectivity index (χ4n) is 3.49. The highest BCUT2D eigenvalue weighted by molar-refractivity contribution is 5.92. The number of fused-ring (bicyclic) bond motifs is 1. The van der Waals surface area contributed by atoms with Crippen molar-refractivity contribution in [3.63, 3.8) is 0 Å². The van der Waals surface area contributed by atoms with Crippen molar-refractivity contribution >= 4 is 22.5 Å². The fraction of sp³-hybridized carbons (Fsp3) is 0.238. The molecule has 5 rings (SSSR count). The van der Waals surface area contributed by atoms with E-state index in [-0.39, 0.29) is 5.91 Å². The highest BCUT2D eigenvalue weighted by Gasteiger charge is 2.28. The molecule has 0 radical (unpaired) electrons. The molecule has 28 heavy (non-hydrogen) atoms. The molecule has 2 N–H and O–H groups in total. The van der Waals surface area contributed by atoms with Gasteiger partial charge in [-0.25, -0.2) is 4.68 Å². The second kappa shape index (κ2) is 6.92. The third kappa shape index (κ3) is 3.26. The van der Waals surface area contributed by atoms with Crippen LogP contribution in [0.4, 0.5) is 5.69 Å². The summed E-state index contributed by atoms with van der Waals surface area (Å²) in [5.74, 6) is 0.738. The number of carbonyl (C=O) groups excluding carboxylic acids is 1. The number of rotatable bonds is 6. The van der Waals surface area contributed by atoms with Gasteiger partial charge in [0.05, 0.1) is 6.04 Å². The number of benzene rings is 2. The molecule has 0 unspecified atom stereocenters. The van der Waals surface area contributed by atoms with E-state index in [0.717, 1.165) is 41.0 Å². The number of aromatic amines is 1. The number of carbonyl (C=O) groups is 1. The van der Waals surface area contributed by atoms with E-state index in [0.29, 0.717) is 18.9 Å². The molecule has 0 aliphatic heterocycles. The Hall–Kier alpha value is -3.48. The van der Waals surface area contributed by atoms with Crippen LogP contribution < -0.4 is 5.32 Å². The van der Waals surface area contributed by atoms with Gasteiger partial charge in [-0.2, -0.15) is 0 Å². The lowest BCUT2D eigenvalue weighted by Gasteiger charge is -2.08. The average Bonchev–Trinajstić information content (AvgIpc) is 3.29. The summed E-state index contributed by atoms with van der Waals surface area (Å²) in [4.78, 5) is 15.7. The Morgan fingerprint density at radius 2 is 2.07 bits per heavy atom. The zero-order chi connectivity index (χ0) is 18.9. The van der Waals surface area contributed by atoms with Crippen LogP contribution in [0, 0.1) is 0 Å². The van der Waals surface area contributed by atoms with Crippen molar-refractivity contribution in [3.8, 4) is 11.4 Å². The molecule has 7 heteroatoms. The number of nitrogens with zero attached hydrogens (tertiary/aromatic N) is 4. The highest BCUT2D eigenvalue weighted by atomic mass is 16.1. The van der Waals surface area contributed by atoms with Gasteiger partial charge in [0.25, 0.3) is 0 Å². The number of H-pyrrole nitrogens is 1. The topological polar surface area (TPSA) is 88.5 Å². The van der Waals surface area contributed by atoms with Crippen LogP contribution in [-0.2, 0) is 11.2 Å². The minimum absolute atomic E-state index is 0.00999. The number of aryl methyl sites for hydroxylation is 1. The minimum Gasteiger partial charge on any atom is -0.361 e. The Kier molecular flexibility index (Phi) is 4.12. The largest absolute Gasteiger partial charge is 0.361 e. The van der Waals surface area contributed by atoms with E-state index in [1.807, 2.05) is 53.3 Å². The normalized spacial score (nSPS) is 13.7. The van der Waals surface area contributed by atoms with Crippen LogP contribution in [0.25, 0.3) is 22.3 Å². The summed E-state index contributed by atoms with van der Waals surface area (Å²) in [5.41, 5.74) is 3.92. The summed E-state index contributed by atoms with van der Waals surface area (Å²) in [6.07, 6.45) is 5.32. The predicted octanol–water partition coefficient (Wildman–Crippen LogP) is 3.73. The molecule has 0 spiro atoms. The molecular weight excluding hydrogens is 352 g/mol. The Bertz CT molecular complexity index is 1140. The molecule has 7 nitrogen and oxygen atoms in total. The molecule has 1 saturated carbocycles. The quantitative estimate of drug-likeness (QED) is 0.540. The van der Waals surface area contributed by atoms with E-state index < -0.39 is 0 Å². The average molecular weight is 372 g/mol.